The van der Waals surface area contributed by atoms with Crippen molar-refractivity contribution in [3.63, 3.8) is 0 Å². The van der Waals surface area contributed by atoms with Crippen LogP contribution in [0.3, 0.4) is 0 Å². The van der Waals surface area contributed by atoms with Gasteiger partial charge in [-0.3, -0.25) is 0 Å². The molecule has 30 heavy (non-hydrogen) atoms. The number of ether oxygens (including phenoxy) is 1. The lowest BCUT2D eigenvalue weighted by molar-refractivity contribution is 0.0437. The number of fused-ring (bicyclic) bond motifs is 1. The van der Waals surface area contributed by atoms with Crippen molar-refractivity contribution in [2.24, 2.45) is 0 Å². The first kappa shape index (κ1) is 20.5. The van der Waals surface area contributed by atoms with Gasteiger partial charge >= 0.3 is 5.97 Å². The molecule has 0 amide bonds. The van der Waals surface area contributed by atoms with E-state index in [-0.39, 0.29) is 5.97 Å². The molecule has 0 unspecified atom stereocenters. The van der Waals surface area contributed by atoms with Crippen LogP contribution in [0, 0.1) is 34.6 Å². The van der Waals surface area contributed by atoms with Gasteiger partial charge in [-0.1, -0.05) is 30.3 Å². The van der Waals surface area contributed by atoms with Gasteiger partial charge in [0.15, 0.2) is 0 Å². The van der Waals surface area contributed by atoms with Gasteiger partial charge in [0.05, 0.1) is 11.3 Å². The Kier molecular flexibility index (Phi) is 5.61. The monoisotopic (exact) mass is 417 g/mol. The highest BCUT2D eigenvalue weighted by molar-refractivity contribution is 7.98. The zero-order chi connectivity index (χ0) is 21.4. The van der Waals surface area contributed by atoms with E-state index >= 15 is 0 Å². The second-order valence-electron chi connectivity index (χ2n) is 7.91. The fourth-order valence-corrected chi connectivity index (χ4v) is 5.24. The van der Waals surface area contributed by atoms with Crippen molar-refractivity contribution in [3.8, 4) is 0 Å². The van der Waals surface area contributed by atoms with E-state index in [1.54, 1.807) is 0 Å². The second-order valence-corrected chi connectivity index (χ2v) is 8.92. The van der Waals surface area contributed by atoms with Crippen LogP contribution in [0.15, 0.2) is 53.4 Å². The van der Waals surface area contributed by atoms with Crippen LogP contribution >= 0.6 is 11.8 Å². The van der Waals surface area contributed by atoms with Crippen molar-refractivity contribution in [2.75, 3.05) is 5.32 Å². The molecular weight excluding hydrogens is 390 g/mol. The Morgan fingerprint density at radius 1 is 0.833 bits per heavy atom. The summed E-state index contributed by atoms with van der Waals surface area (Å²) in [7, 11) is 0. The lowest BCUT2D eigenvalue weighted by atomic mass is 9.90. The highest BCUT2D eigenvalue weighted by atomic mass is 32.2. The van der Waals surface area contributed by atoms with E-state index in [4.69, 9.17) is 4.74 Å². The number of rotatable bonds is 5. The van der Waals surface area contributed by atoms with Crippen molar-refractivity contribution >= 4 is 23.4 Å². The minimum Gasteiger partial charge on any atom is -0.434 e. The highest BCUT2D eigenvalue weighted by Crippen LogP contribution is 2.37. The molecule has 1 atom stereocenters. The molecule has 3 aromatic carbocycles. The number of benzene rings is 3. The number of para-hydroxylation sites is 1. The number of carbonyl (C=O) groups excluding carboxylic acids is 1. The van der Waals surface area contributed by atoms with Crippen LogP contribution in [0.5, 0.6) is 0 Å². The van der Waals surface area contributed by atoms with Gasteiger partial charge in [0, 0.05) is 16.2 Å². The van der Waals surface area contributed by atoms with Gasteiger partial charge in [-0.25, -0.2) is 4.79 Å². The summed E-state index contributed by atoms with van der Waals surface area (Å²) in [5.41, 5.74) is 10.8. The molecule has 0 spiro atoms. The summed E-state index contributed by atoms with van der Waals surface area (Å²) in [4.78, 5) is 13.3. The number of cyclic esters (lactones) is 1. The number of esters is 1. The molecule has 1 heterocycles. The summed E-state index contributed by atoms with van der Waals surface area (Å²) in [6.45, 7) is 11.1. The molecule has 3 nitrogen and oxygen atoms in total. The Morgan fingerprint density at radius 3 is 2.17 bits per heavy atom. The molecule has 154 valence electrons. The highest BCUT2D eigenvalue weighted by Gasteiger charge is 2.30. The smallest absolute Gasteiger partial charge is 0.340 e. The first-order valence-corrected chi connectivity index (χ1v) is 11.2. The number of nitrogens with one attached hydrogen (secondary N) is 1. The van der Waals surface area contributed by atoms with Gasteiger partial charge in [0.1, 0.15) is 0 Å². The maximum absolute atomic E-state index is 12.2. The van der Waals surface area contributed by atoms with Crippen LogP contribution in [0.4, 0.5) is 5.69 Å². The topological polar surface area (TPSA) is 38.3 Å². The number of thioether (sulfide) groups is 1. The van der Waals surface area contributed by atoms with Gasteiger partial charge in [0.25, 0.3) is 0 Å². The SMILES string of the molecule is Cc1c(C)c(C)c(CSc2ccccc2N[C@@H]2OC(=O)c3ccccc32)c(C)c1C. The molecule has 1 aliphatic rings. The first-order chi connectivity index (χ1) is 14.4. The third-order valence-corrected chi connectivity index (χ3v) is 7.49. The average Bonchev–Trinajstić information content (AvgIpc) is 3.07. The molecular formula is C26H27NO2S. The van der Waals surface area contributed by atoms with Crippen molar-refractivity contribution in [2.45, 2.75) is 51.5 Å². The van der Waals surface area contributed by atoms with Gasteiger partial charge in [-0.15, -0.1) is 11.8 Å². The number of anilines is 1. The van der Waals surface area contributed by atoms with Gasteiger partial charge in [-0.05, 0) is 86.2 Å². The van der Waals surface area contributed by atoms with E-state index in [2.05, 4.69) is 46.0 Å². The Bertz CT molecular complexity index is 1110. The standard InChI is InChI=1S/C26H27NO2S/c1-15-16(2)18(4)22(19(5)17(15)3)14-30-24-13-9-8-12-23(24)27-25-20-10-6-7-11-21(20)26(28)29-25/h6-13,25,27H,14H2,1-5H3/t25-/m1/s1. The molecule has 4 rings (SSSR count). The van der Waals surface area contributed by atoms with Crippen molar-refractivity contribution < 1.29 is 9.53 Å². The zero-order valence-corrected chi connectivity index (χ0v) is 18.9. The Morgan fingerprint density at radius 2 is 1.43 bits per heavy atom. The van der Waals surface area contributed by atoms with E-state index in [0.29, 0.717) is 5.56 Å². The van der Waals surface area contributed by atoms with Crippen molar-refractivity contribution in [3.05, 3.63) is 93.0 Å². The molecule has 0 radical (unpaired) electrons. The van der Waals surface area contributed by atoms with Crippen LogP contribution in [-0.4, -0.2) is 5.97 Å². The first-order valence-electron chi connectivity index (χ1n) is 10.2. The molecule has 3 aromatic rings. The lowest BCUT2D eigenvalue weighted by Crippen LogP contribution is -2.11. The summed E-state index contributed by atoms with van der Waals surface area (Å²) < 4.78 is 5.58. The van der Waals surface area contributed by atoms with Crippen LogP contribution < -0.4 is 5.32 Å². The fourth-order valence-electron chi connectivity index (χ4n) is 4.05. The minimum atomic E-state index is -0.456. The predicted octanol–water partition coefficient (Wildman–Crippen LogP) is 6.80. The fraction of sp³-hybridized carbons (Fsp3) is 0.269. The molecule has 1 aliphatic heterocycles. The Balaban J connectivity index is 1.58. The maximum atomic E-state index is 12.2. The van der Waals surface area contributed by atoms with Gasteiger partial charge < -0.3 is 10.1 Å². The third kappa shape index (κ3) is 3.61. The van der Waals surface area contributed by atoms with Crippen molar-refractivity contribution in [1.29, 1.82) is 0 Å². The van der Waals surface area contributed by atoms with E-state index in [0.717, 1.165) is 21.9 Å². The van der Waals surface area contributed by atoms with Crippen LogP contribution in [0.1, 0.15) is 55.5 Å². The summed E-state index contributed by atoms with van der Waals surface area (Å²) >= 11 is 1.81. The summed E-state index contributed by atoms with van der Waals surface area (Å²) in [6.07, 6.45) is -0.456. The third-order valence-electron chi connectivity index (χ3n) is 6.39. The molecule has 0 aromatic heterocycles. The molecule has 0 saturated carbocycles. The Labute approximate surface area is 182 Å². The van der Waals surface area contributed by atoms with Crippen LogP contribution in [0.25, 0.3) is 0 Å². The molecule has 0 saturated heterocycles. The summed E-state index contributed by atoms with van der Waals surface area (Å²) in [5, 5.41) is 3.43. The largest absolute Gasteiger partial charge is 0.434 e. The van der Waals surface area contributed by atoms with Gasteiger partial charge in [0.2, 0.25) is 6.23 Å². The lowest BCUT2D eigenvalue weighted by Gasteiger charge is -2.20. The van der Waals surface area contributed by atoms with Crippen LogP contribution in [-0.2, 0) is 10.5 Å². The van der Waals surface area contributed by atoms with E-state index in [9.17, 15) is 4.79 Å². The number of carbonyl (C=O) groups is 1. The van der Waals surface area contributed by atoms with E-state index in [1.807, 2.05) is 54.2 Å². The number of hydrogen-bond acceptors (Lipinski definition) is 4. The quantitative estimate of drug-likeness (QED) is 0.366. The molecule has 0 bridgehead atoms. The van der Waals surface area contributed by atoms with Crippen LogP contribution in [0.2, 0.25) is 0 Å². The summed E-state index contributed by atoms with van der Waals surface area (Å²) in [6, 6.07) is 15.8. The molecule has 4 heteroatoms. The molecule has 0 aliphatic carbocycles. The summed E-state index contributed by atoms with van der Waals surface area (Å²) in [5.74, 6) is 0.629. The van der Waals surface area contributed by atoms with E-state index < -0.39 is 6.23 Å². The predicted molar refractivity (Wildman–Crippen MR) is 124 cm³/mol. The van der Waals surface area contributed by atoms with Gasteiger partial charge in [-0.2, -0.15) is 0 Å². The Hall–Kier alpha value is -2.72. The minimum absolute atomic E-state index is 0.273. The normalized spacial score (nSPS) is 15.1. The average molecular weight is 418 g/mol. The number of hydrogen-bond donors (Lipinski definition) is 1. The zero-order valence-electron chi connectivity index (χ0n) is 18.1. The second kappa shape index (κ2) is 8.19. The molecule has 0 fully saturated rings. The maximum Gasteiger partial charge on any atom is 0.340 e. The molecule has 1 N–H and O–H groups in total. The van der Waals surface area contributed by atoms with E-state index in [1.165, 1.54) is 33.4 Å². The van der Waals surface area contributed by atoms with Crippen molar-refractivity contribution in [1.82, 2.24) is 0 Å².